The molecule has 4 fully saturated rings. The molecule has 8 nitrogen and oxygen atoms in total. The van der Waals surface area contributed by atoms with Gasteiger partial charge in [0.05, 0.1) is 17.7 Å². The number of nitrogens with zero attached hydrogens (tertiary/aromatic N) is 4. The van der Waals surface area contributed by atoms with Crippen molar-refractivity contribution in [2.24, 2.45) is 0 Å². The molecule has 4 atom stereocenters. The summed E-state index contributed by atoms with van der Waals surface area (Å²) < 4.78 is 38.1. The molecule has 0 spiro atoms. The predicted octanol–water partition coefficient (Wildman–Crippen LogP) is 4.72. The molecule has 5 heterocycles. The molecule has 0 saturated carbocycles. The smallest absolute Gasteiger partial charge is 0.319 e. The van der Waals surface area contributed by atoms with E-state index in [-0.39, 0.29) is 52.2 Å². The van der Waals surface area contributed by atoms with Gasteiger partial charge in [-0.25, -0.2) is 8.78 Å². The average Bonchev–Trinajstić information content (AvgIpc) is 3.72. The highest BCUT2D eigenvalue weighted by molar-refractivity contribution is 6.04. The fourth-order valence-corrected chi connectivity index (χ4v) is 8.39. The van der Waals surface area contributed by atoms with Gasteiger partial charge in [0.2, 0.25) is 0 Å². The van der Waals surface area contributed by atoms with E-state index in [0.717, 1.165) is 58.2 Å². The quantitative estimate of drug-likeness (QED) is 0.270. The molecular formula is C35H35F2N5O3. The van der Waals surface area contributed by atoms with Gasteiger partial charge in [-0.05, 0) is 80.3 Å². The van der Waals surface area contributed by atoms with Crippen LogP contribution in [0.1, 0.15) is 44.1 Å². The summed E-state index contributed by atoms with van der Waals surface area (Å²) in [4.78, 5) is 14.1. The van der Waals surface area contributed by atoms with Crippen LogP contribution in [-0.2, 0) is 0 Å². The standard InChI is InChI=1S/C35H35F2N5O3/c1-2-25-29(36)9-4-20-14-24(44)15-28(30(20)25)26-7-8-27-32(31(26)37)39-34(40-33(27)41-16-21-5-6-22(17-41)38-21)45-19-35-11-3-13-42(35)23(18-43)10-12-35/h1,4,7-9,14-15,21-23,38,43-44H,3,5-6,10-13,16-19H2. The van der Waals surface area contributed by atoms with E-state index in [0.29, 0.717) is 40.7 Å². The van der Waals surface area contributed by atoms with Crippen LogP contribution >= 0.6 is 0 Å². The summed E-state index contributed by atoms with van der Waals surface area (Å²) in [6, 6.07) is 9.97. The first kappa shape index (κ1) is 28.4. The maximum absolute atomic E-state index is 16.9. The Labute approximate surface area is 260 Å². The van der Waals surface area contributed by atoms with Crippen molar-refractivity contribution in [3.8, 4) is 35.2 Å². The number of anilines is 1. The SMILES string of the molecule is C#Cc1c(F)ccc2cc(O)cc(-c3ccc4c(N5CC6CCC(C5)N6)nc(OCC56CCCN5C(CO)CC6)nc4c3F)c12. The van der Waals surface area contributed by atoms with E-state index in [4.69, 9.17) is 16.1 Å². The van der Waals surface area contributed by atoms with E-state index in [1.165, 1.54) is 24.3 Å². The van der Waals surface area contributed by atoms with Gasteiger partial charge in [0, 0.05) is 47.6 Å². The van der Waals surface area contributed by atoms with Crippen molar-refractivity contribution in [1.82, 2.24) is 20.2 Å². The second-order valence-electron chi connectivity index (χ2n) is 13.0. The molecular weight excluding hydrogens is 576 g/mol. The monoisotopic (exact) mass is 611 g/mol. The topological polar surface area (TPSA) is 94.0 Å². The molecule has 0 amide bonds. The number of terminal acetylenes is 1. The van der Waals surface area contributed by atoms with Crippen LogP contribution in [0.3, 0.4) is 0 Å². The second-order valence-corrected chi connectivity index (χ2v) is 13.0. The number of nitrogens with one attached hydrogen (secondary N) is 1. The molecule has 1 aromatic heterocycles. The molecule has 4 saturated heterocycles. The highest BCUT2D eigenvalue weighted by Crippen LogP contribution is 2.44. The molecule has 3 aromatic carbocycles. The van der Waals surface area contributed by atoms with Gasteiger partial charge in [0.15, 0.2) is 5.82 Å². The van der Waals surface area contributed by atoms with Crippen LogP contribution in [0.15, 0.2) is 36.4 Å². The minimum Gasteiger partial charge on any atom is -0.508 e. The summed E-state index contributed by atoms with van der Waals surface area (Å²) >= 11 is 0. The summed E-state index contributed by atoms with van der Waals surface area (Å²) in [5.41, 5.74) is 0.318. The summed E-state index contributed by atoms with van der Waals surface area (Å²) in [7, 11) is 0. The third-order valence-electron chi connectivity index (χ3n) is 10.5. The van der Waals surface area contributed by atoms with Gasteiger partial charge >= 0.3 is 6.01 Å². The molecule has 232 valence electrons. The number of hydrogen-bond acceptors (Lipinski definition) is 8. The Bertz CT molecular complexity index is 1870. The Morgan fingerprint density at radius 2 is 1.87 bits per heavy atom. The lowest BCUT2D eigenvalue weighted by Gasteiger charge is -2.35. The van der Waals surface area contributed by atoms with E-state index < -0.39 is 11.6 Å². The number of piperazine rings is 1. The van der Waals surface area contributed by atoms with Gasteiger partial charge in [0.1, 0.15) is 29.5 Å². The van der Waals surface area contributed by atoms with E-state index in [1.807, 2.05) is 0 Å². The van der Waals surface area contributed by atoms with Gasteiger partial charge in [0.25, 0.3) is 0 Å². The fourth-order valence-electron chi connectivity index (χ4n) is 8.39. The number of ether oxygens (including phenoxy) is 1. The van der Waals surface area contributed by atoms with Crippen molar-refractivity contribution in [3.63, 3.8) is 0 Å². The Balaban J connectivity index is 1.26. The van der Waals surface area contributed by atoms with Gasteiger partial charge in [-0.15, -0.1) is 6.42 Å². The number of hydrogen-bond donors (Lipinski definition) is 3. The van der Waals surface area contributed by atoms with E-state index in [2.05, 4.69) is 26.0 Å². The van der Waals surface area contributed by atoms with Crippen molar-refractivity contribution >= 4 is 27.5 Å². The first-order valence-corrected chi connectivity index (χ1v) is 15.8. The van der Waals surface area contributed by atoms with Gasteiger partial charge in [-0.3, -0.25) is 4.90 Å². The summed E-state index contributed by atoms with van der Waals surface area (Å²) in [6.07, 6.45) is 11.7. The zero-order valence-electron chi connectivity index (χ0n) is 24.9. The Morgan fingerprint density at radius 1 is 1.04 bits per heavy atom. The normalized spacial score (nSPS) is 26.1. The third-order valence-corrected chi connectivity index (χ3v) is 10.5. The number of aromatic nitrogens is 2. The molecule has 4 aliphatic heterocycles. The van der Waals surface area contributed by atoms with Crippen molar-refractivity contribution in [2.75, 3.05) is 37.7 Å². The largest absolute Gasteiger partial charge is 0.508 e. The number of aliphatic hydroxyl groups excluding tert-OH is 1. The van der Waals surface area contributed by atoms with Crippen molar-refractivity contribution < 1.29 is 23.7 Å². The highest BCUT2D eigenvalue weighted by atomic mass is 19.1. The molecule has 0 aliphatic carbocycles. The maximum Gasteiger partial charge on any atom is 0.319 e. The Morgan fingerprint density at radius 3 is 2.64 bits per heavy atom. The number of phenols is 1. The van der Waals surface area contributed by atoms with Crippen molar-refractivity contribution in [2.45, 2.75) is 62.2 Å². The molecule has 8 rings (SSSR count). The minimum atomic E-state index is -0.625. The fraction of sp³-hybridized carbons (Fsp3) is 0.429. The average molecular weight is 612 g/mol. The summed E-state index contributed by atoms with van der Waals surface area (Å²) in [5, 5.41) is 25.5. The molecule has 3 N–H and O–H groups in total. The minimum absolute atomic E-state index is 0.00353. The summed E-state index contributed by atoms with van der Waals surface area (Å²) in [6.45, 7) is 2.86. The molecule has 10 heteroatoms. The number of halogens is 2. The number of rotatable bonds is 6. The molecule has 4 aliphatic rings. The first-order chi connectivity index (χ1) is 21.9. The van der Waals surface area contributed by atoms with Crippen LogP contribution < -0.4 is 15.0 Å². The van der Waals surface area contributed by atoms with Crippen molar-refractivity contribution in [1.29, 1.82) is 0 Å². The van der Waals surface area contributed by atoms with Crippen LogP contribution in [0, 0.1) is 24.0 Å². The zero-order chi connectivity index (χ0) is 30.9. The van der Waals surface area contributed by atoms with Gasteiger partial charge < -0.3 is 25.2 Å². The molecule has 45 heavy (non-hydrogen) atoms. The van der Waals surface area contributed by atoms with E-state index >= 15 is 4.39 Å². The van der Waals surface area contributed by atoms with Crippen LogP contribution in [0.5, 0.6) is 11.8 Å². The number of aliphatic hydroxyl groups is 1. The highest BCUT2D eigenvalue weighted by Gasteiger charge is 2.49. The second kappa shape index (κ2) is 10.8. The lowest BCUT2D eigenvalue weighted by Crippen LogP contribution is -2.51. The Kier molecular flexibility index (Phi) is 6.82. The predicted molar refractivity (Wildman–Crippen MR) is 168 cm³/mol. The molecule has 4 unspecified atom stereocenters. The van der Waals surface area contributed by atoms with Crippen LogP contribution in [-0.4, -0.2) is 81.6 Å². The number of phenolic OH excluding ortho intramolecular Hbond substituents is 1. The molecule has 4 aromatic rings. The first-order valence-electron chi connectivity index (χ1n) is 15.8. The van der Waals surface area contributed by atoms with Crippen LogP contribution in [0.4, 0.5) is 14.6 Å². The number of aromatic hydroxyl groups is 1. The third kappa shape index (κ3) is 4.59. The van der Waals surface area contributed by atoms with E-state index in [9.17, 15) is 14.6 Å². The van der Waals surface area contributed by atoms with Crippen LogP contribution in [0.25, 0.3) is 32.8 Å². The Hall–Kier alpha value is -4.04. The molecule has 2 bridgehead atoms. The molecule has 0 radical (unpaired) electrons. The number of fused-ring (bicyclic) bond motifs is 5. The zero-order valence-corrected chi connectivity index (χ0v) is 24.9. The van der Waals surface area contributed by atoms with E-state index in [1.54, 1.807) is 12.1 Å². The van der Waals surface area contributed by atoms with Crippen molar-refractivity contribution in [3.05, 3.63) is 53.6 Å². The lowest BCUT2D eigenvalue weighted by molar-refractivity contribution is 0.0644. The lowest BCUT2D eigenvalue weighted by atomic mass is 9.93. The van der Waals surface area contributed by atoms with Gasteiger partial charge in [-0.2, -0.15) is 9.97 Å². The number of benzene rings is 3. The maximum atomic E-state index is 16.9. The summed E-state index contributed by atoms with van der Waals surface area (Å²) in [5.74, 6) is 1.72. The van der Waals surface area contributed by atoms with Gasteiger partial charge in [-0.1, -0.05) is 18.1 Å². The van der Waals surface area contributed by atoms with Crippen LogP contribution in [0.2, 0.25) is 0 Å².